The van der Waals surface area contributed by atoms with Crippen LogP contribution in [0, 0.1) is 6.92 Å². The molecule has 0 aliphatic heterocycles. The molecular formula is C34H44N4O5. The van der Waals surface area contributed by atoms with Gasteiger partial charge in [-0.3, -0.25) is 14.4 Å². The number of carbonyl (C=O) groups excluding carboxylic acids is 4. The molecule has 3 aromatic rings. The van der Waals surface area contributed by atoms with Crippen molar-refractivity contribution in [2.45, 2.75) is 91.0 Å². The maximum Gasteiger partial charge on any atom is 0.408 e. The predicted octanol–water partition coefficient (Wildman–Crippen LogP) is 6.00. The number of nitrogens with one attached hydrogen (secondary N) is 2. The highest BCUT2D eigenvalue weighted by molar-refractivity contribution is 6.00. The van der Waals surface area contributed by atoms with Gasteiger partial charge in [0.05, 0.1) is 0 Å². The summed E-state index contributed by atoms with van der Waals surface area (Å²) in [6.07, 6.45) is -0.516. The van der Waals surface area contributed by atoms with E-state index in [-0.39, 0.29) is 12.8 Å². The fraction of sp³-hybridized carbons (Fsp3) is 0.412. The molecule has 0 radical (unpaired) electrons. The second-order valence-corrected chi connectivity index (χ2v) is 12.4. The molecule has 4 amide bonds. The van der Waals surface area contributed by atoms with E-state index in [9.17, 15) is 19.2 Å². The van der Waals surface area contributed by atoms with Crippen LogP contribution >= 0.6 is 0 Å². The van der Waals surface area contributed by atoms with E-state index in [0.29, 0.717) is 17.7 Å². The standard InChI is InChI=1S/C34H44N4O5/c1-8-34(6,7)38(31(41)27(19-20-28(35)39)37-32(42)43-33(3,4)5)29(24-15-13-22(2)14-16-24)30(40)36-26-18-17-23-11-9-10-12-25(23)21-26/h9-18,21,27,29H,8,19-20H2,1-7H3,(H2,35,39)(H,36,40)(H,37,42). The first-order chi connectivity index (χ1) is 20.1. The molecule has 9 nitrogen and oxygen atoms in total. The molecular weight excluding hydrogens is 544 g/mol. The van der Waals surface area contributed by atoms with E-state index in [4.69, 9.17) is 10.5 Å². The highest BCUT2D eigenvalue weighted by atomic mass is 16.6. The van der Waals surface area contributed by atoms with Crippen molar-refractivity contribution in [3.63, 3.8) is 0 Å². The summed E-state index contributed by atoms with van der Waals surface area (Å²) in [5, 5.41) is 7.65. The molecule has 3 rings (SSSR count). The first-order valence-electron chi connectivity index (χ1n) is 14.6. The Morgan fingerprint density at radius 1 is 0.907 bits per heavy atom. The summed E-state index contributed by atoms with van der Waals surface area (Å²) in [7, 11) is 0. The van der Waals surface area contributed by atoms with Gasteiger partial charge in [-0.15, -0.1) is 0 Å². The Morgan fingerprint density at radius 2 is 1.53 bits per heavy atom. The summed E-state index contributed by atoms with van der Waals surface area (Å²) in [4.78, 5) is 54.8. The van der Waals surface area contributed by atoms with E-state index < -0.39 is 47.0 Å². The number of hydrogen-bond donors (Lipinski definition) is 3. The van der Waals surface area contributed by atoms with Crippen molar-refractivity contribution in [1.29, 1.82) is 0 Å². The molecule has 2 unspecified atom stereocenters. The van der Waals surface area contributed by atoms with Crippen LogP contribution in [0.15, 0.2) is 66.7 Å². The monoisotopic (exact) mass is 588 g/mol. The van der Waals surface area contributed by atoms with Gasteiger partial charge in [0.1, 0.15) is 17.7 Å². The lowest BCUT2D eigenvalue weighted by Gasteiger charge is -2.44. The molecule has 0 fully saturated rings. The Hall–Kier alpha value is -4.40. The Morgan fingerprint density at radius 3 is 2.12 bits per heavy atom. The Labute approximate surface area is 254 Å². The largest absolute Gasteiger partial charge is 0.444 e. The highest BCUT2D eigenvalue weighted by Crippen LogP contribution is 2.34. The smallest absolute Gasteiger partial charge is 0.408 e. The van der Waals surface area contributed by atoms with Gasteiger partial charge in [0, 0.05) is 17.6 Å². The fourth-order valence-corrected chi connectivity index (χ4v) is 4.75. The number of fused-ring (bicyclic) bond motifs is 1. The second kappa shape index (κ2) is 13.7. The molecule has 0 heterocycles. The van der Waals surface area contributed by atoms with Gasteiger partial charge in [0.25, 0.3) is 5.91 Å². The van der Waals surface area contributed by atoms with Gasteiger partial charge < -0.3 is 26.0 Å². The van der Waals surface area contributed by atoms with E-state index in [0.717, 1.165) is 16.3 Å². The van der Waals surface area contributed by atoms with Crippen LogP contribution in [0.3, 0.4) is 0 Å². The molecule has 9 heteroatoms. The van der Waals surface area contributed by atoms with Crippen molar-refractivity contribution in [2.24, 2.45) is 5.73 Å². The molecule has 0 aliphatic rings. The number of carbonyl (C=O) groups is 4. The number of hydrogen-bond acceptors (Lipinski definition) is 5. The van der Waals surface area contributed by atoms with Crippen molar-refractivity contribution >= 4 is 40.3 Å². The molecule has 4 N–H and O–H groups in total. The number of aryl methyl sites for hydroxylation is 1. The number of primary amides is 1. The lowest BCUT2D eigenvalue weighted by molar-refractivity contribution is -0.148. The quantitative estimate of drug-likeness (QED) is 0.253. The SMILES string of the molecule is CCC(C)(C)N(C(=O)C(CCC(N)=O)NC(=O)OC(C)(C)C)C(C(=O)Nc1ccc2ccccc2c1)c1ccc(C)cc1. The minimum absolute atomic E-state index is 0.0589. The minimum atomic E-state index is -1.17. The van der Waals surface area contributed by atoms with Crippen LogP contribution in [0.5, 0.6) is 0 Å². The molecule has 0 spiro atoms. The topological polar surface area (TPSA) is 131 Å². The zero-order chi connectivity index (χ0) is 31.9. The average molecular weight is 589 g/mol. The summed E-state index contributed by atoms with van der Waals surface area (Å²) in [6.45, 7) is 12.7. The lowest BCUT2D eigenvalue weighted by Crippen LogP contribution is -2.59. The summed E-state index contributed by atoms with van der Waals surface area (Å²) in [5.41, 5.74) is 5.96. The fourth-order valence-electron chi connectivity index (χ4n) is 4.75. The zero-order valence-corrected chi connectivity index (χ0v) is 26.2. The number of anilines is 1. The third-order valence-electron chi connectivity index (χ3n) is 7.34. The molecule has 0 saturated carbocycles. The maximum absolute atomic E-state index is 14.5. The maximum atomic E-state index is 14.5. The Balaban J connectivity index is 2.10. The Kier molecular flexibility index (Phi) is 10.6. The number of ether oxygens (including phenoxy) is 1. The van der Waals surface area contributed by atoms with Gasteiger partial charge in [0.2, 0.25) is 11.8 Å². The van der Waals surface area contributed by atoms with Crippen molar-refractivity contribution in [2.75, 3.05) is 5.32 Å². The van der Waals surface area contributed by atoms with Crippen LogP contribution in [0.25, 0.3) is 10.8 Å². The van der Waals surface area contributed by atoms with Crippen LogP contribution in [0.4, 0.5) is 10.5 Å². The summed E-state index contributed by atoms with van der Waals surface area (Å²) >= 11 is 0. The first-order valence-corrected chi connectivity index (χ1v) is 14.6. The molecule has 0 aliphatic carbocycles. The van der Waals surface area contributed by atoms with E-state index in [1.165, 1.54) is 4.90 Å². The van der Waals surface area contributed by atoms with E-state index in [1.807, 2.05) is 94.4 Å². The van der Waals surface area contributed by atoms with Gasteiger partial charge in [0.15, 0.2) is 0 Å². The van der Waals surface area contributed by atoms with Crippen LogP contribution < -0.4 is 16.4 Å². The summed E-state index contributed by atoms with van der Waals surface area (Å²) in [6, 6.07) is 18.6. The van der Waals surface area contributed by atoms with E-state index in [2.05, 4.69) is 10.6 Å². The van der Waals surface area contributed by atoms with Crippen LogP contribution in [0.1, 0.15) is 78.0 Å². The lowest BCUT2D eigenvalue weighted by atomic mass is 9.91. The zero-order valence-electron chi connectivity index (χ0n) is 26.2. The highest BCUT2D eigenvalue weighted by Gasteiger charge is 2.43. The predicted molar refractivity (Wildman–Crippen MR) is 169 cm³/mol. The molecule has 0 bridgehead atoms. The normalized spacial score (nSPS) is 13.1. The van der Waals surface area contributed by atoms with Gasteiger partial charge >= 0.3 is 6.09 Å². The minimum Gasteiger partial charge on any atom is -0.444 e. The van der Waals surface area contributed by atoms with Crippen molar-refractivity contribution in [3.05, 3.63) is 77.9 Å². The molecule has 3 aromatic carbocycles. The third kappa shape index (κ3) is 9.04. The van der Waals surface area contributed by atoms with E-state index in [1.54, 1.807) is 20.8 Å². The van der Waals surface area contributed by atoms with Crippen LogP contribution in [-0.4, -0.2) is 45.9 Å². The number of nitrogens with zero attached hydrogens (tertiary/aromatic N) is 1. The van der Waals surface area contributed by atoms with Gasteiger partial charge in [-0.25, -0.2) is 4.79 Å². The molecule has 0 saturated heterocycles. The van der Waals surface area contributed by atoms with Crippen molar-refractivity contribution < 1.29 is 23.9 Å². The molecule has 0 aromatic heterocycles. The number of benzene rings is 3. The Bertz CT molecular complexity index is 1460. The number of rotatable bonds is 11. The van der Waals surface area contributed by atoms with Crippen LogP contribution in [0.2, 0.25) is 0 Å². The molecule has 2 atom stereocenters. The number of nitrogens with two attached hydrogens (primary N) is 1. The van der Waals surface area contributed by atoms with Crippen molar-refractivity contribution in [1.82, 2.24) is 10.2 Å². The molecule has 43 heavy (non-hydrogen) atoms. The van der Waals surface area contributed by atoms with Gasteiger partial charge in [-0.2, -0.15) is 0 Å². The third-order valence-corrected chi connectivity index (χ3v) is 7.34. The number of alkyl carbamates (subject to hydrolysis) is 1. The second-order valence-electron chi connectivity index (χ2n) is 12.4. The number of amides is 4. The average Bonchev–Trinajstić information content (AvgIpc) is 2.92. The first kappa shape index (κ1) is 33.1. The summed E-state index contributed by atoms with van der Waals surface area (Å²) < 4.78 is 5.42. The molecule has 230 valence electrons. The van der Waals surface area contributed by atoms with Crippen molar-refractivity contribution in [3.8, 4) is 0 Å². The van der Waals surface area contributed by atoms with Crippen LogP contribution in [-0.2, 0) is 19.1 Å². The van der Waals surface area contributed by atoms with Gasteiger partial charge in [-0.1, -0.05) is 67.1 Å². The van der Waals surface area contributed by atoms with E-state index >= 15 is 0 Å². The summed E-state index contributed by atoms with van der Waals surface area (Å²) in [5.74, 6) is -1.56. The van der Waals surface area contributed by atoms with Gasteiger partial charge in [-0.05, 0) is 82.9 Å².